The fourth-order valence-electron chi connectivity index (χ4n) is 3.68. The number of ether oxygens (including phenoxy) is 2. The molecule has 0 radical (unpaired) electrons. The van der Waals surface area contributed by atoms with Crippen molar-refractivity contribution in [3.63, 3.8) is 0 Å². The second-order valence-corrected chi connectivity index (χ2v) is 6.85. The molecule has 1 saturated carbocycles. The molecule has 4 heteroatoms. The van der Waals surface area contributed by atoms with Gasteiger partial charge in [-0.2, -0.15) is 0 Å². The van der Waals surface area contributed by atoms with Crippen LogP contribution in [-0.2, 0) is 9.47 Å². The molecule has 2 rings (SSSR count). The first kappa shape index (κ1) is 17.2. The predicted molar refractivity (Wildman–Crippen MR) is 86.7 cm³/mol. The SMILES string of the molecule is COCCN1CCN(CCO[C@@H]2CCCC[C@H]2C)C[C@H]1C. The summed E-state index contributed by atoms with van der Waals surface area (Å²) in [5.41, 5.74) is 0. The smallest absolute Gasteiger partial charge is 0.0601 e. The molecule has 1 aliphatic carbocycles. The van der Waals surface area contributed by atoms with Crippen LogP contribution in [-0.4, -0.2) is 75.0 Å². The number of hydrogen-bond acceptors (Lipinski definition) is 4. The first-order chi connectivity index (χ1) is 10.2. The zero-order valence-corrected chi connectivity index (χ0v) is 14.2. The topological polar surface area (TPSA) is 24.9 Å². The van der Waals surface area contributed by atoms with Crippen molar-refractivity contribution in [2.75, 3.05) is 53.0 Å². The molecule has 21 heavy (non-hydrogen) atoms. The van der Waals surface area contributed by atoms with E-state index in [1.165, 1.54) is 25.7 Å². The molecule has 1 saturated heterocycles. The monoisotopic (exact) mass is 298 g/mol. The van der Waals surface area contributed by atoms with E-state index in [0.29, 0.717) is 12.1 Å². The molecule has 2 fully saturated rings. The summed E-state index contributed by atoms with van der Waals surface area (Å²) in [6, 6.07) is 0.627. The molecule has 2 aliphatic rings. The Morgan fingerprint density at radius 3 is 2.52 bits per heavy atom. The van der Waals surface area contributed by atoms with Crippen molar-refractivity contribution in [3.8, 4) is 0 Å². The second-order valence-electron chi connectivity index (χ2n) is 6.85. The van der Waals surface area contributed by atoms with Gasteiger partial charge in [-0.3, -0.25) is 9.80 Å². The van der Waals surface area contributed by atoms with E-state index in [2.05, 4.69) is 23.6 Å². The molecule has 4 nitrogen and oxygen atoms in total. The van der Waals surface area contributed by atoms with Crippen LogP contribution >= 0.6 is 0 Å². The van der Waals surface area contributed by atoms with E-state index in [1.807, 2.05) is 0 Å². The quantitative estimate of drug-likeness (QED) is 0.719. The van der Waals surface area contributed by atoms with E-state index in [4.69, 9.17) is 9.47 Å². The summed E-state index contributed by atoms with van der Waals surface area (Å²) < 4.78 is 11.3. The summed E-state index contributed by atoms with van der Waals surface area (Å²) in [7, 11) is 1.78. The molecule has 0 spiro atoms. The molecule has 0 bridgehead atoms. The minimum Gasteiger partial charge on any atom is -0.383 e. The summed E-state index contributed by atoms with van der Waals surface area (Å²) in [5, 5.41) is 0. The molecule has 0 amide bonds. The predicted octanol–water partition coefficient (Wildman–Crippen LogP) is 2.23. The maximum Gasteiger partial charge on any atom is 0.0601 e. The van der Waals surface area contributed by atoms with Crippen LogP contribution in [0.3, 0.4) is 0 Å². The molecule has 1 heterocycles. The fraction of sp³-hybridized carbons (Fsp3) is 1.00. The maximum atomic E-state index is 6.15. The van der Waals surface area contributed by atoms with Gasteiger partial charge in [0.2, 0.25) is 0 Å². The van der Waals surface area contributed by atoms with Gasteiger partial charge in [-0.15, -0.1) is 0 Å². The standard InChI is InChI=1S/C17H34N2O2/c1-15-6-4-5-7-17(15)21-13-10-18-8-9-19(11-12-20-3)16(2)14-18/h15-17H,4-14H2,1-3H3/t15-,16-,17-/m1/s1. The van der Waals surface area contributed by atoms with E-state index in [9.17, 15) is 0 Å². The van der Waals surface area contributed by atoms with Gasteiger partial charge in [-0.25, -0.2) is 0 Å². The minimum absolute atomic E-state index is 0.513. The molecule has 0 aromatic rings. The van der Waals surface area contributed by atoms with Gasteiger partial charge in [0.1, 0.15) is 0 Å². The van der Waals surface area contributed by atoms with E-state index >= 15 is 0 Å². The van der Waals surface area contributed by atoms with E-state index in [1.54, 1.807) is 7.11 Å². The third-order valence-corrected chi connectivity index (χ3v) is 5.20. The van der Waals surface area contributed by atoms with Crippen molar-refractivity contribution in [3.05, 3.63) is 0 Å². The van der Waals surface area contributed by atoms with Crippen LogP contribution in [0.4, 0.5) is 0 Å². The lowest BCUT2D eigenvalue weighted by Crippen LogP contribution is -2.53. The summed E-state index contributed by atoms with van der Waals surface area (Å²) in [4.78, 5) is 5.09. The maximum absolute atomic E-state index is 6.15. The highest BCUT2D eigenvalue weighted by Gasteiger charge is 2.24. The third kappa shape index (κ3) is 5.51. The lowest BCUT2D eigenvalue weighted by molar-refractivity contribution is -0.0228. The Balaban J connectivity index is 1.61. The highest BCUT2D eigenvalue weighted by atomic mass is 16.5. The van der Waals surface area contributed by atoms with Crippen molar-refractivity contribution in [1.82, 2.24) is 9.80 Å². The number of nitrogens with zero attached hydrogens (tertiary/aromatic N) is 2. The third-order valence-electron chi connectivity index (χ3n) is 5.20. The van der Waals surface area contributed by atoms with Gasteiger partial charge in [-0.05, 0) is 25.7 Å². The second kappa shape index (κ2) is 9.09. The zero-order valence-electron chi connectivity index (χ0n) is 14.2. The first-order valence-corrected chi connectivity index (χ1v) is 8.77. The molecular weight excluding hydrogens is 264 g/mol. The molecular formula is C17H34N2O2. The average molecular weight is 298 g/mol. The summed E-state index contributed by atoms with van der Waals surface area (Å²) >= 11 is 0. The van der Waals surface area contributed by atoms with Crippen LogP contribution in [0, 0.1) is 5.92 Å². The van der Waals surface area contributed by atoms with Crippen LogP contribution < -0.4 is 0 Å². The Morgan fingerprint density at radius 2 is 1.81 bits per heavy atom. The van der Waals surface area contributed by atoms with Crippen LogP contribution in [0.2, 0.25) is 0 Å². The largest absolute Gasteiger partial charge is 0.383 e. The Hall–Kier alpha value is -0.160. The fourth-order valence-corrected chi connectivity index (χ4v) is 3.68. The lowest BCUT2D eigenvalue weighted by atomic mass is 9.88. The van der Waals surface area contributed by atoms with Gasteiger partial charge in [0.15, 0.2) is 0 Å². The van der Waals surface area contributed by atoms with Crippen molar-refractivity contribution in [2.24, 2.45) is 5.92 Å². The Labute approximate surface area is 130 Å². The van der Waals surface area contributed by atoms with Crippen molar-refractivity contribution in [2.45, 2.75) is 51.7 Å². The molecule has 0 aromatic carbocycles. The average Bonchev–Trinajstić information content (AvgIpc) is 2.48. The molecule has 124 valence electrons. The van der Waals surface area contributed by atoms with Crippen molar-refractivity contribution < 1.29 is 9.47 Å². The van der Waals surface area contributed by atoms with Gasteiger partial charge >= 0.3 is 0 Å². The van der Waals surface area contributed by atoms with E-state index in [0.717, 1.165) is 51.9 Å². The first-order valence-electron chi connectivity index (χ1n) is 8.77. The van der Waals surface area contributed by atoms with Gasteiger partial charge in [0, 0.05) is 45.9 Å². The molecule has 0 unspecified atom stereocenters. The Morgan fingerprint density at radius 1 is 1.00 bits per heavy atom. The highest BCUT2D eigenvalue weighted by molar-refractivity contribution is 4.79. The molecule has 3 atom stereocenters. The number of rotatable bonds is 7. The van der Waals surface area contributed by atoms with Gasteiger partial charge in [0.25, 0.3) is 0 Å². The van der Waals surface area contributed by atoms with E-state index in [-0.39, 0.29) is 0 Å². The number of hydrogen-bond donors (Lipinski definition) is 0. The Kier molecular flexibility index (Phi) is 7.44. The van der Waals surface area contributed by atoms with Crippen LogP contribution in [0.1, 0.15) is 39.5 Å². The lowest BCUT2D eigenvalue weighted by Gasteiger charge is -2.40. The molecule has 0 N–H and O–H groups in total. The summed E-state index contributed by atoms with van der Waals surface area (Å²) in [5.74, 6) is 0.753. The summed E-state index contributed by atoms with van der Waals surface area (Å²) in [6.07, 6.45) is 5.87. The normalized spacial score (nSPS) is 32.4. The van der Waals surface area contributed by atoms with Crippen molar-refractivity contribution >= 4 is 0 Å². The van der Waals surface area contributed by atoms with Crippen LogP contribution in [0.15, 0.2) is 0 Å². The van der Waals surface area contributed by atoms with E-state index < -0.39 is 0 Å². The number of piperazine rings is 1. The minimum atomic E-state index is 0.513. The highest BCUT2D eigenvalue weighted by Crippen LogP contribution is 2.26. The van der Waals surface area contributed by atoms with Gasteiger partial charge in [0.05, 0.1) is 19.3 Å². The number of methoxy groups -OCH3 is 1. The zero-order chi connectivity index (χ0) is 15.1. The molecule has 0 aromatic heterocycles. The van der Waals surface area contributed by atoms with Gasteiger partial charge < -0.3 is 9.47 Å². The van der Waals surface area contributed by atoms with Crippen LogP contribution in [0.25, 0.3) is 0 Å². The summed E-state index contributed by atoms with van der Waals surface area (Å²) in [6.45, 7) is 12.0. The van der Waals surface area contributed by atoms with Crippen molar-refractivity contribution in [1.29, 1.82) is 0 Å². The van der Waals surface area contributed by atoms with Gasteiger partial charge in [-0.1, -0.05) is 19.8 Å². The van der Waals surface area contributed by atoms with Crippen LogP contribution in [0.5, 0.6) is 0 Å². The molecule has 1 aliphatic heterocycles. The Bertz CT molecular complexity index is 288.